The fraction of sp³-hybridized carbons (Fsp3) is 0.667. The molecule has 1 rings (SSSR count). The minimum atomic E-state index is -0.107. The van der Waals surface area contributed by atoms with Crippen LogP contribution in [0.1, 0.15) is 51.2 Å². The van der Waals surface area contributed by atoms with Crippen LogP contribution in [0, 0.1) is 11.3 Å². The summed E-state index contributed by atoms with van der Waals surface area (Å²) >= 11 is 0. The van der Waals surface area contributed by atoms with Crippen molar-refractivity contribution in [2.45, 2.75) is 52.5 Å². The van der Waals surface area contributed by atoms with Gasteiger partial charge in [-0.05, 0) is 19.8 Å². The fourth-order valence-corrected chi connectivity index (χ4v) is 1.67. The summed E-state index contributed by atoms with van der Waals surface area (Å²) < 4.78 is 2.01. The summed E-state index contributed by atoms with van der Waals surface area (Å²) in [6, 6.07) is 2.15. The number of nitrogens with zero attached hydrogens (tertiary/aromatic N) is 3. The Bertz CT molecular complexity index is 346. The van der Waals surface area contributed by atoms with Crippen molar-refractivity contribution in [1.82, 2.24) is 9.55 Å². The summed E-state index contributed by atoms with van der Waals surface area (Å²) in [5.74, 6) is 1.05. The summed E-state index contributed by atoms with van der Waals surface area (Å²) in [6.07, 6.45) is 6.16. The van der Waals surface area contributed by atoms with Gasteiger partial charge in [-0.3, -0.25) is 0 Å². The third-order valence-electron chi connectivity index (χ3n) is 2.44. The molecule has 0 aromatic carbocycles. The molecule has 0 bridgehead atoms. The molecular weight excluding hydrogens is 186 g/mol. The number of hydrogen-bond acceptors (Lipinski definition) is 2. The molecule has 0 N–H and O–H groups in total. The van der Waals surface area contributed by atoms with Crippen molar-refractivity contribution in [2.75, 3.05) is 0 Å². The standard InChI is InChI=1S/C12H19N3/c1-4-6-11-9-15(10(3)8-13)12(14-11)7-5-2/h9-10H,4-7H2,1-3H3. The number of rotatable bonds is 5. The van der Waals surface area contributed by atoms with Crippen molar-refractivity contribution in [2.24, 2.45) is 0 Å². The van der Waals surface area contributed by atoms with Crippen LogP contribution in [0.2, 0.25) is 0 Å². The fourth-order valence-electron chi connectivity index (χ4n) is 1.67. The van der Waals surface area contributed by atoms with E-state index in [0.717, 1.165) is 37.2 Å². The molecule has 1 aromatic rings. The highest BCUT2D eigenvalue weighted by Gasteiger charge is 2.11. The minimum absolute atomic E-state index is 0.107. The Morgan fingerprint density at radius 1 is 1.40 bits per heavy atom. The third kappa shape index (κ3) is 2.82. The third-order valence-corrected chi connectivity index (χ3v) is 2.44. The van der Waals surface area contributed by atoms with E-state index < -0.39 is 0 Å². The van der Waals surface area contributed by atoms with E-state index in [9.17, 15) is 0 Å². The average molecular weight is 205 g/mol. The molecule has 0 spiro atoms. The molecule has 1 unspecified atom stereocenters. The maximum absolute atomic E-state index is 8.92. The lowest BCUT2D eigenvalue weighted by Crippen LogP contribution is -2.06. The van der Waals surface area contributed by atoms with Crippen LogP contribution >= 0.6 is 0 Å². The van der Waals surface area contributed by atoms with Crippen LogP contribution in [-0.4, -0.2) is 9.55 Å². The zero-order valence-corrected chi connectivity index (χ0v) is 9.82. The van der Waals surface area contributed by atoms with Crippen LogP contribution in [0.5, 0.6) is 0 Å². The Kier molecular flexibility index (Phi) is 4.36. The Balaban J connectivity index is 2.95. The maximum atomic E-state index is 8.92. The van der Waals surface area contributed by atoms with E-state index >= 15 is 0 Å². The highest BCUT2D eigenvalue weighted by Crippen LogP contribution is 2.14. The number of imidazole rings is 1. The summed E-state index contributed by atoms with van der Waals surface area (Å²) in [5.41, 5.74) is 1.11. The normalized spacial score (nSPS) is 12.4. The van der Waals surface area contributed by atoms with Gasteiger partial charge in [0.2, 0.25) is 0 Å². The van der Waals surface area contributed by atoms with Gasteiger partial charge < -0.3 is 4.57 Å². The highest BCUT2D eigenvalue weighted by atomic mass is 15.1. The van der Waals surface area contributed by atoms with Crippen molar-refractivity contribution in [3.63, 3.8) is 0 Å². The largest absolute Gasteiger partial charge is 0.318 e. The van der Waals surface area contributed by atoms with Crippen LogP contribution in [0.15, 0.2) is 6.20 Å². The Morgan fingerprint density at radius 2 is 2.07 bits per heavy atom. The van der Waals surface area contributed by atoms with Crippen LogP contribution in [-0.2, 0) is 12.8 Å². The van der Waals surface area contributed by atoms with Gasteiger partial charge in [0, 0.05) is 12.6 Å². The van der Waals surface area contributed by atoms with Crippen LogP contribution < -0.4 is 0 Å². The SMILES string of the molecule is CCCc1cn(C(C)C#N)c(CCC)n1. The van der Waals surface area contributed by atoms with Crippen LogP contribution in [0.3, 0.4) is 0 Å². The minimum Gasteiger partial charge on any atom is -0.318 e. The van der Waals surface area contributed by atoms with Crippen molar-refractivity contribution in [1.29, 1.82) is 5.26 Å². The van der Waals surface area contributed by atoms with E-state index in [1.807, 2.05) is 17.7 Å². The van der Waals surface area contributed by atoms with Crippen molar-refractivity contribution < 1.29 is 0 Å². The molecular formula is C12H19N3. The monoisotopic (exact) mass is 205 g/mol. The summed E-state index contributed by atoms with van der Waals surface area (Å²) in [4.78, 5) is 4.57. The van der Waals surface area contributed by atoms with E-state index in [-0.39, 0.29) is 6.04 Å². The molecule has 1 aromatic heterocycles. The first kappa shape index (κ1) is 11.8. The van der Waals surface area contributed by atoms with Gasteiger partial charge >= 0.3 is 0 Å². The number of aromatic nitrogens is 2. The van der Waals surface area contributed by atoms with Gasteiger partial charge in [0.05, 0.1) is 11.8 Å². The molecule has 82 valence electrons. The first-order chi connectivity index (χ1) is 7.22. The maximum Gasteiger partial charge on any atom is 0.119 e. The van der Waals surface area contributed by atoms with E-state index in [0.29, 0.717) is 0 Å². The molecule has 0 saturated heterocycles. The van der Waals surface area contributed by atoms with Crippen LogP contribution in [0.25, 0.3) is 0 Å². The molecule has 3 nitrogen and oxygen atoms in total. The molecule has 0 aliphatic heterocycles. The van der Waals surface area contributed by atoms with Crippen molar-refractivity contribution >= 4 is 0 Å². The Labute approximate surface area is 91.7 Å². The van der Waals surface area contributed by atoms with E-state index in [4.69, 9.17) is 5.26 Å². The second kappa shape index (κ2) is 5.55. The van der Waals surface area contributed by atoms with Gasteiger partial charge in [-0.1, -0.05) is 20.3 Å². The number of aryl methyl sites for hydroxylation is 2. The lowest BCUT2D eigenvalue weighted by Gasteiger charge is -2.07. The van der Waals surface area contributed by atoms with Gasteiger partial charge in [-0.25, -0.2) is 4.98 Å². The second-order valence-electron chi connectivity index (χ2n) is 3.86. The molecule has 1 atom stereocenters. The Morgan fingerprint density at radius 3 is 2.60 bits per heavy atom. The molecule has 0 aliphatic carbocycles. The smallest absolute Gasteiger partial charge is 0.119 e. The molecule has 0 amide bonds. The van der Waals surface area contributed by atoms with E-state index in [1.54, 1.807) is 0 Å². The summed E-state index contributed by atoms with van der Waals surface area (Å²) in [6.45, 7) is 6.19. The van der Waals surface area contributed by atoms with Gasteiger partial charge in [-0.15, -0.1) is 0 Å². The van der Waals surface area contributed by atoms with Gasteiger partial charge in [-0.2, -0.15) is 5.26 Å². The zero-order valence-electron chi connectivity index (χ0n) is 9.82. The first-order valence-corrected chi connectivity index (χ1v) is 5.69. The predicted octanol–water partition coefficient (Wildman–Crippen LogP) is 2.87. The highest BCUT2D eigenvalue weighted by molar-refractivity contribution is 5.08. The number of nitriles is 1. The summed E-state index contributed by atoms with van der Waals surface area (Å²) in [7, 11) is 0. The average Bonchev–Trinajstić information content (AvgIpc) is 2.61. The zero-order chi connectivity index (χ0) is 11.3. The van der Waals surface area contributed by atoms with Gasteiger partial charge in [0.15, 0.2) is 0 Å². The number of hydrogen-bond donors (Lipinski definition) is 0. The molecule has 0 fully saturated rings. The van der Waals surface area contributed by atoms with Crippen molar-refractivity contribution in [3.8, 4) is 6.07 Å². The quantitative estimate of drug-likeness (QED) is 0.741. The molecule has 0 saturated carbocycles. The first-order valence-electron chi connectivity index (χ1n) is 5.69. The lowest BCUT2D eigenvalue weighted by atomic mass is 10.3. The van der Waals surface area contributed by atoms with Gasteiger partial charge in [0.1, 0.15) is 11.9 Å². The van der Waals surface area contributed by atoms with E-state index in [2.05, 4.69) is 24.9 Å². The lowest BCUT2D eigenvalue weighted by molar-refractivity contribution is 0.622. The topological polar surface area (TPSA) is 41.6 Å². The molecule has 0 aliphatic rings. The van der Waals surface area contributed by atoms with Crippen molar-refractivity contribution in [3.05, 3.63) is 17.7 Å². The molecule has 0 radical (unpaired) electrons. The second-order valence-corrected chi connectivity index (χ2v) is 3.86. The van der Waals surface area contributed by atoms with Gasteiger partial charge in [0.25, 0.3) is 0 Å². The molecule has 15 heavy (non-hydrogen) atoms. The van der Waals surface area contributed by atoms with E-state index in [1.165, 1.54) is 0 Å². The molecule has 3 heteroatoms. The Hall–Kier alpha value is -1.30. The molecule has 1 heterocycles. The van der Waals surface area contributed by atoms with Crippen LogP contribution in [0.4, 0.5) is 0 Å². The summed E-state index contributed by atoms with van der Waals surface area (Å²) in [5, 5.41) is 8.92. The predicted molar refractivity (Wildman–Crippen MR) is 60.5 cm³/mol.